The van der Waals surface area contributed by atoms with Crippen molar-refractivity contribution in [2.24, 2.45) is 0 Å². The molecule has 0 aliphatic heterocycles. The normalized spacial score (nSPS) is 11.3. The zero-order chi connectivity index (χ0) is 23.4. The molecule has 3 aromatic carbocycles. The van der Waals surface area contributed by atoms with Crippen LogP contribution < -0.4 is 15.4 Å². The van der Waals surface area contributed by atoms with Crippen molar-refractivity contribution in [3.8, 4) is 16.9 Å². The molecule has 0 aliphatic carbocycles. The first-order valence-electron chi connectivity index (χ1n) is 10.5. The van der Waals surface area contributed by atoms with Gasteiger partial charge in [0, 0.05) is 47.0 Å². The van der Waals surface area contributed by atoms with Crippen molar-refractivity contribution in [2.75, 3.05) is 17.7 Å². The molecular formula is C27H24N2O4. The zero-order valence-electron chi connectivity index (χ0n) is 18.6. The van der Waals surface area contributed by atoms with Gasteiger partial charge in [0.2, 0.25) is 11.8 Å². The minimum atomic E-state index is -0.266. The highest BCUT2D eigenvalue weighted by Crippen LogP contribution is 2.37. The van der Waals surface area contributed by atoms with Crippen LogP contribution in [0, 0.1) is 0 Å². The maximum Gasteiger partial charge on any atom is 0.248 e. The van der Waals surface area contributed by atoms with Gasteiger partial charge in [-0.2, -0.15) is 0 Å². The van der Waals surface area contributed by atoms with E-state index in [0.29, 0.717) is 22.7 Å². The lowest BCUT2D eigenvalue weighted by Crippen LogP contribution is -2.09. The fourth-order valence-electron chi connectivity index (χ4n) is 3.67. The Hall–Kier alpha value is -4.32. The second-order valence-corrected chi connectivity index (χ2v) is 7.64. The molecule has 166 valence electrons. The molecule has 33 heavy (non-hydrogen) atoms. The molecule has 2 N–H and O–H groups in total. The van der Waals surface area contributed by atoms with E-state index in [-0.39, 0.29) is 11.8 Å². The molecule has 0 bridgehead atoms. The molecule has 0 spiro atoms. The molecule has 0 atom stereocenters. The smallest absolute Gasteiger partial charge is 0.248 e. The van der Waals surface area contributed by atoms with Crippen molar-refractivity contribution in [1.29, 1.82) is 0 Å². The van der Waals surface area contributed by atoms with E-state index in [1.165, 1.54) is 13.0 Å². The van der Waals surface area contributed by atoms with E-state index in [9.17, 15) is 9.59 Å². The van der Waals surface area contributed by atoms with Gasteiger partial charge < -0.3 is 19.8 Å². The van der Waals surface area contributed by atoms with Crippen LogP contribution in [0.3, 0.4) is 0 Å². The summed E-state index contributed by atoms with van der Waals surface area (Å²) in [5.74, 6) is 0.208. The van der Waals surface area contributed by atoms with Gasteiger partial charge in [0.15, 0.2) is 0 Å². The Balaban J connectivity index is 1.61. The average molecular weight is 440 g/mol. The number of carbonyl (C=O) groups is 2. The van der Waals surface area contributed by atoms with Crippen LogP contribution in [-0.4, -0.2) is 18.9 Å². The molecule has 2 amide bonds. The van der Waals surface area contributed by atoms with E-state index >= 15 is 0 Å². The number of allylic oxidation sites excluding steroid dienone is 1. The van der Waals surface area contributed by atoms with Crippen LogP contribution in [0.25, 0.3) is 27.7 Å². The Kier molecular flexibility index (Phi) is 6.26. The van der Waals surface area contributed by atoms with E-state index < -0.39 is 0 Å². The molecule has 4 rings (SSSR count). The first-order valence-corrected chi connectivity index (χ1v) is 10.5. The van der Waals surface area contributed by atoms with Crippen LogP contribution >= 0.6 is 0 Å². The van der Waals surface area contributed by atoms with Gasteiger partial charge in [0.25, 0.3) is 0 Å². The third-order valence-electron chi connectivity index (χ3n) is 5.23. The summed E-state index contributed by atoms with van der Waals surface area (Å²) < 4.78 is 11.3. The molecule has 6 nitrogen and oxygen atoms in total. The summed E-state index contributed by atoms with van der Waals surface area (Å²) in [5.41, 5.74) is 5.59. The highest BCUT2D eigenvalue weighted by molar-refractivity contribution is 6.05. The molecule has 4 aromatic rings. The van der Waals surface area contributed by atoms with E-state index in [2.05, 4.69) is 10.6 Å². The van der Waals surface area contributed by atoms with Gasteiger partial charge in [0.1, 0.15) is 11.3 Å². The van der Waals surface area contributed by atoms with Crippen LogP contribution in [0.15, 0.2) is 83.5 Å². The van der Waals surface area contributed by atoms with Gasteiger partial charge in [-0.25, -0.2) is 0 Å². The number of rotatable bonds is 6. The van der Waals surface area contributed by atoms with Crippen LogP contribution in [-0.2, 0) is 9.59 Å². The number of carbonyl (C=O) groups excluding carboxylic acids is 2. The third kappa shape index (κ3) is 4.96. The number of nitrogens with one attached hydrogen (secondary N) is 2. The van der Waals surface area contributed by atoms with Crippen LogP contribution in [0.1, 0.15) is 19.4 Å². The van der Waals surface area contributed by atoms with Crippen molar-refractivity contribution in [3.63, 3.8) is 0 Å². The topological polar surface area (TPSA) is 80.6 Å². The maximum absolute atomic E-state index is 12.6. The summed E-state index contributed by atoms with van der Waals surface area (Å²) in [6.07, 6.45) is 3.27. The molecule has 0 fully saturated rings. The number of hydrogen-bond donors (Lipinski definition) is 2. The van der Waals surface area contributed by atoms with Crippen molar-refractivity contribution in [2.45, 2.75) is 13.8 Å². The Morgan fingerprint density at radius 3 is 2.21 bits per heavy atom. The predicted octanol–water partition coefficient (Wildman–Crippen LogP) is 6.11. The first kappa shape index (κ1) is 21.9. The largest absolute Gasteiger partial charge is 0.496 e. The van der Waals surface area contributed by atoms with Gasteiger partial charge in [-0.1, -0.05) is 30.3 Å². The highest BCUT2D eigenvalue weighted by Gasteiger charge is 2.15. The SMILES string of the molecule is COc1cc2occ(-c3ccccc3)c2cc1/C(C)=C/C(=O)Nc1ccc(NC(C)=O)cc1. The van der Waals surface area contributed by atoms with Gasteiger partial charge in [0.05, 0.1) is 13.4 Å². The molecule has 1 aromatic heterocycles. The Morgan fingerprint density at radius 2 is 1.58 bits per heavy atom. The first-order chi connectivity index (χ1) is 15.9. The molecule has 0 saturated carbocycles. The lowest BCUT2D eigenvalue weighted by molar-refractivity contribution is -0.114. The van der Waals surface area contributed by atoms with Crippen LogP contribution in [0.5, 0.6) is 5.75 Å². The van der Waals surface area contributed by atoms with Gasteiger partial charge in [-0.3, -0.25) is 9.59 Å². The number of fused-ring (bicyclic) bond motifs is 1. The highest BCUT2D eigenvalue weighted by atomic mass is 16.5. The molecule has 6 heteroatoms. The minimum absolute atomic E-state index is 0.149. The Labute approximate surface area is 191 Å². The van der Waals surface area contributed by atoms with E-state index in [1.807, 2.05) is 49.4 Å². The Bertz CT molecular complexity index is 1340. The van der Waals surface area contributed by atoms with E-state index in [0.717, 1.165) is 27.6 Å². The second kappa shape index (κ2) is 9.44. The predicted molar refractivity (Wildman–Crippen MR) is 131 cm³/mol. The molecule has 0 saturated heterocycles. The summed E-state index contributed by atoms with van der Waals surface area (Å²) in [7, 11) is 1.59. The molecule has 0 radical (unpaired) electrons. The van der Waals surface area contributed by atoms with Crippen molar-refractivity contribution >= 4 is 39.7 Å². The van der Waals surface area contributed by atoms with E-state index in [1.54, 1.807) is 37.6 Å². The van der Waals surface area contributed by atoms with Crippen molar-refractivity contribution in [1.82, 2.24) is 0 Å². The summed E-state index contributed by atoms with van der Waals surface area (Å²) in [6.45, 7) is 3.31. The summed E-state index contributed by atoms with van der Waals surface area (Å²) in [4.78, 5) is 23.8. The quantitative estimate of drug-likeness (QED) is 0.355. The van der Waals surface area contributed by atoms with Gasteiger partial charge in [-0.15, -0.1) is 0 Å². The molecule has 1 heterocycles. The standard InChI is InChI=1S/C27H24N2O4/c1-17(13-27(31)29-21-11-9-20(10-12-21)28-18(2)30)22-14-23-24(19-7-5-4-6-8-19)16-33-26(23)15-25(22)32-3/h4-16H,1-3H3,(H,28,30)(H,29,31)/b17-13+. The number of furan rings is 1. The monoisotopic (exact) mass is 440 g/mol. The van der Waals surface area contributed by atoms with Gasteiger partial charge >= 0.3 is 0 Å². The summed E-state index contributed by atoms with van der Waals surface area (Å²) >= 11 is 0. The van der Waals surface area contributed by atoms with Crippen molar-refractivity contribution in [3.05, 3.63) is 84.6 Å². The number of amides is 2. The Morgan fingerprint density at radius 1 is 0.909 bits per heavy atom. The summed E-state index contributed by atoms with van der Waals surface area (Å²) in [6, 6.07) is 20.8. The molecule has 0 aliphatic rings. The summed E-state index contributed by atoms with van der Waals surface area (Å²) in [5, 5.41) is 6.48. The third-order valence-corrected chi connectivity index (χ3v) is 5.23. The maximum atomic E-state index is 12.6. The number of benzene rings is 3. The zero-order valence-corrected chi connectivity index (χ0v) is 18.6. The average Bonchev–Trinajstić information content (AvgIpc) is 3.22. The van der Waals surface area contributed by atoms with Crippen LogP contribution in [0.2, 0.25) is 0 Å². The molecule has 0 unspecified atom stereocenters. The second-order valence-electron chi connectivity index (χ2n) is 7.64. The fourth-order valence-corrected chi connectivity index (χ4v) is 3.67. The lowest BCUT2D eigenvalue weighted by Gasteiger charge is -2.10. The van der Waals surface area contributed by atoms with Gasteiger partial charge in [-0.05, 0) is 48.4 Å². The van der Waals surface area contributed by atoms with Crippen LogP contribution in [0.4, 0.5) is 11.4 Å². The number of anilines is 2. The lowest BCUT2D eigenvalue weighted by atomic mass is 9.99. The number of ether oxygens (including phenoxy) is 1. The minimum Gasteiger partial charge on any atom is -0.496 e. The van der Waals surface area contributed by atoms with Crippen molar-refractivity contribution < 1.29 is 18.7 Å². The number of hydrogen-bond acceptors (Lipinski definition) is 4. The number of methoxy groups -OCH3 is 1. The van der Waals surface area contributed by atoms with E-state index in [4.69, 9.17) is 9.15 Å². The molecular weight excluding hydrogens is 416 g/mol. The fraction of sp³-hybridized carbons (Fsp3) is 0.111.